The predicted octanol–water partition coefficient (Wildman–Crippen LogP) is 1.17. The molecule has 0 aromatic heterocycles. The Kier molecular flexibility index (Phi) is 6.41. The number of nitrogens with zero attached hydrogens (tertiary/aromatic N) is 1. The van der Waals surface area contributed by atoms with Gasteiger partial charge in [-0.15, -0.1) is 0 Å². The van der Waals surface area contributed by atoms with E-state index in [1.807, 2.05) is 18.9 Å². The molecule has 0 fully saturated rings. The molecular formula is C12H19BrN2O3S. The van der Waals surface area contributed by atoms with Crippen LogP contribution in [0, 0.1) is 0 Å². The topological polar surface area (TPSA) is 69.6 Å². The maximum atomic E-state index is 12.1. The van der Waals surface area contributed by atoms with Gasteiger partial charge in [-0.2, -0.15) is 0 Å². The summed E-state index contributed by atoms with van der Waals surface area (Å²) in [5.41, 5.74) is 0.564. The molecule has 0 bridgehead atoms. The SMILES string of the molecule is CCN(C)CCNS(=O)(=O)c1cc(CO)ccc1Br. The maximum Gasteiger partial charge on any atom is 0.241 e. The summed E-state index contributed by atoms with van der Waals surface area (Å²) in [5, 5.41) is 9.06. The van der Waals surface area contributed by atoms with E-state index in [0.29, 0.717) is 23.1 Å². The Morgan fingerprint density at radius 3 is 2.68 bits per heavy atom. The van der Waals surface area contributed by atoms with Gasteiger partial charge in [0, 0.05) is 17.6 Å². The van der Waals surface area contributed by atoms with Crippen LogP contribution in [0.25, 0.3) is 0 Å². The van der Waals surface area contributed by atoms with Crippen molar-refractivity contribution in [2.45, 2.75) is 18.4 Å². The lowest BCUT2D eigenvalue weighted by Gasteiger charge is -2.15. The molecule has 0 unspecified atom stereocenters. The summed E-state index contributed by atoms with van der Waals surface area (Å²) in [6.45, 7) is 3.69. The zero-order valence-corrected chi connectivity index (χ0v) is 13.5. The maximum absolute atomic E-state index is 12.1. The number of sulfonamides is 1. The largest absolute Gasteiger partial charge is 0.392 e. The molecule has 0 saturated carbocycles. The highest BCUT2D eigenvalue weighted by molar-refractivity contribution is 9.10. The molecule has 19 heavy (non-hydrogen) atoms. The van der Waals surface area contributed by atoms with Crippen molar-refractivity contribution in [1.29, 1.82) is 0 Å². The summed E-state index contributed by atoms with van der Waals surface area (Å²) in [6, 6.07) is 4.77. The molecular weight excluding hydrogens is 332 g/mol. The van der Waals surface area contributed by atoms with Gasteiger partial charge in [-0.1, -0.05) is 13.0 Å². The fourth-order valence-electron chi connectivity index (χ4n) is 1.46. The third kappa shape index (κ3) is 4.85. The van der Waals surface area contributed by atoms with Gasteiger partial charge in [-0.3, -0.25) is 0 Å². The highest BCUT2D eigenvalue weighted by atomic mass is 79.9. The van der Waals surface area contributed by atoms with Crippen molar-refractivity contribution in [3.8, 4) is 0 Å². The molecule has 1 aromatic rings. The predicted molar refractivity (Wildman–Crippen MR) is 78.4 cm³/mol. The Hall–Kier alpha value is -0.470. The summed E-state index contributed by atoms with van der Waals surface area (Å²) in [6.07, 6.45) is 0. The molecule has 2 N–H and O–H groups in total. The Morgan fingerprint density at radius 1 is 1.42 bits per heavy atom. The Labute approximate surface area is 122 Å². The van der Waals surface area contributed by atoms with E-state index < -0.39 is 10.0 Å². The van der Waals surface area contributed by atoms with Gasteiger partial charge in [0.15, 0.2) is 0 Å². The van der Waals surface area contributed by atoms with Crippen LogP contribution < -0.4 is 4.72 Å². The van der Waals surface area contributed by atoms with Crippen LogP contribution >= 0.6 is 15.9 Å². The van der Waals surface area contributed by atoms with Crippen LogP contribution in [0.4, 0.5) is 0 Å². The molecule has 0 amide bonds. The van der Waals surface area contributed by atoms with E-state index in [0.717, 1.165) is 6.54 Å². The van der Waals surface area contributed by atoms with Gasteiger partial charge in [0.05, 0.1) is 11.5 Å². The van der Waals surface area contributed by atoms with Gasteiger partial charge < -0.3 is 10.0 Å². The van der Waals surface area contributed by atoms with Gasteiger partial charge >= 0.3 is 0 Å². The first kappa shape index (κ1) is 16.6. The first-order valence-electron chi connectivity index (χ1n) is 5.98. The number of hydrogen-bond donors (Lipinski definition) is 2. The lowest BCUT2D eigenvalue weighted by Crippen LogP contribution is -2.33. The normalized spacial score (nSPS) is 12.1. The molecule has 0 radical (unpaired) electrons. The van der Waals surface area contributed by atoms with E-state index in [1.165, 1.54) is 6.07 Å². The molecule has 1 aromatic carbocycles. The molecule has 0 aliphatic rings. The highest BCUT2D eigenvalue weighted by Crippen LogP contribution is 2.23. The highest BCUT2D eigenvalue weighted by Gasteiger charge is 2.17. The molecule has 0 aliphatic carbocycles. The molecule has 108 valence electrons. The van der Waals surface area contributed by atoms with Gasteiger partial charge in [-0.25, -0.2) is 13.1 Å². The van der Waals surface area contributed by atoms with Gasteiger partial charge in [0.2, 0.25) is 10.0 Å². The standard InChI is InChI=1S/C12H19BrN2O3S/c1-3-15(2)7-6-14-19(17,18)12-8-10(9-16)4-5-11(12)13/h4-5,8,14,16H,3,6-7,9H2,1-2H3. The number of benzene rings is 1. The Bertz CT molecular complexity index is 520. The minimum atomic E-state index is -3.56. The summed E-state index contributed by atoms with van der Waals surface area (Å²) in [7, 11) is -1.63. The van der Waals surface area contributed by atoms with E-state index >= 15 is 0 Å². The van der Waals surface area contributed by atoms with Crippen LogP contribution in [0.3, 0.4) is 0 Å². The fourth-order valence-corrected chi connectivity index (χ4v) is 3.49. The van der Waals surface area contributed by atoms with E-state index in [2.05, 4.69) is 20.7 Å². The molecule has 0 atom stereocenters. The number of rotatable bonds is 7. The van der Waals surface area contributed by atoms with Crippen LogP contribution in [0.15, 0.2) is 27.6 Å². The second-order valence-corrected chi connectivity index (χ2v) is 6.81. The van der Waals surface area contributed by atoms with Crippen LogP contribution in [-0.4, -0.2) is 45.1 Å². The second kappa shape index (κ2) is 7.35. The van der Waals surface area contributed by atoms with Crippen molar-refractivity contribution in [3.63, 3.8) is 0 Å². The number of hydrogen-bond acceptors (Lipinski definition) is 4. The number of likely N-dealkylation sites (N-methyl/N-ethyl adjacent to an activating group) is 1. The minimum Gasteiger partial charge on any atom is -0.392 e. The van der Waals surface area contributed by atoms with E-state index in [1.54, 1.807) is 12.1 Å². The van der Waals surface area contributed by atoms with Gasteiger partial charge in [0.25, 0.3) is 0 Å². The van der Waals surface area contributed by atoms with Crippen LogP contribution in [0.2, 0.25) is 0 Å². The number of aliphatic hydroxyl groups is 1. The lowest BCUT2D eigenvalue weighted by molar-refractivity contribution is 0.281. The molecule has 0 heterocycles. The molecule has 0 saturated heterocycles. The van der Waals surface area contributed by atoms with Crippen molar-refractivity contribution in [3.05, 3.63) is 28.2 Å². The zero-order valence-electron chi connectivity index (χ0n) is 11.1. The number of nitrogens with one attached hydrogen (secondary N) is 1. The third-order valence-electron chi connectivity index (χ3n) is 2.79. The first-order chi connectivity index (χ1) is 8.90. The molecule has 0 aliphatic heterocycles. The molecule has 1 rings (SSSR count). The number of halogens is 1. The average molecular weight is 351 g/mol. The van der Waals surface area contributed by atoms with Crippen LogP contribution in [0.5, 0.6) is 0 Å². The van der Waals surface area contributed by atoms with Crippen molar-refractivity contribution in [2.75, 3.05) is 26.7 Å². The quantitative estimate of drug-likeness (QED) is 0.774. The summed E-state index contributed by atoms with van der Waals surface area (Å²) in [5.74, 6) is 0. The zero-order chi connectivity index (χ0) is 14.5. The lowest BCUT2D eigenvalue weighted by atomic mass is 10.2. The monoisotopic (exact) mass is 350 g/mol. The van der Waals surface area contributed by atoms with Crippen molar-refractivity contribution >= 4 is 26.0 Å². The summed E-state index contributed by atoms with van der Waals surface area (Å²) >= 11 is 3.22. The summed E-state index contributed by atoms with van der Waals surface area (Å²) in [4.78, 5) is 2.17. The van der Waals surface area contributed by atoms with Crippen molar-refractivity contribution in [2.24, 2.45) is 0 Å². The molecule has 7 heteroatoms. The third-order valence-corrected chi connectivity index (χ3v) is 5.25. The van der Waals surface area contributed by atoms with Crippen molar-refractivity contribution < 1.29 is 13.5 Å². The fraction of sp³-hybridized carbons (Fsp3) is 0.500. The van der Waals surface area contributed by atoms with E-state index in [9.17, 15) is 8.42 Å². The molecule has 0 spiro atoms. The van der Waals surface area contributed by atoms with E-state index in [4.69, 9.17) is 5.11 Å². The van der Waals surface area contributed by atoms with Gasteiger partial charge in [0.1, 0.15) is 0 Å². The van der Waals surface area contributed by atoms with E-state index in [-0.39, 0.29) is 11.5 Å². The smallest absolute Gasteiger partial charge is 0.241 e. The Morgan fingerprint density at radius 2 is 2.11 bits per heavy atom. The van der Waals surface area contributed by atoms with Crippen molar-refractivity contribution in [1.82, 2.24) is 9.62 Å². The second-order valence-electron chi connectivity index (χ2n) is 4.22. The molecule has 5 nitrogen and oxygen atoms in total. The average Bonchev–Trinajstić information content (AvgIpc) is 2.38. The van der Waals surface area contributed by atoms with Crippen LogP contribution in [0.1, 0.15) is 12.5 Å². The minimum absolute atomic E-state index is 0.151. The summed E-state index contributed by atoms with van der Waals surface area (Å²) < 4.78 is 27.3. The first-order valence-corrected chi connectivity index (χ1v) is 8.25. The van der Waals surface area contributed by atoms with Crippen LogP contribution in [-0.2, 0) is 16.6 Å². The van der Waals surface area contributed by atoms with Gasteiger partial charge in [-0.05, 0) is 47.2 Å². The Balaban J connectivity index is 2.82. The number of aliphatic hydroxyl groups excluding tert-OH is 1.